The lowest BCUT2D eigenvalue weighted by atomic mass is 10.0. The van der Waals surface area contributed by atoms with Crippen LogP contribution in [0.3, 0.4) is 0 Å². The quantitative estimate of drug-likeness (QED) is 0.903. The molecule has 1 aromatic rings. The number of amides is 1. The van der Waals surface area contributed by atoms with Gasteiger partial charge in [-0.3, -0.25) is 4.79 Å². The minimum atomic E-state index is -0.0654. The largest absolute Gasteiger partial charge is 0.336 e. The van der Waals surface area contributed by atoms with E-state index in [-0.39, 0.29) is 5.91 Å². The first-order valence-corrected chi connectivity index (χ1v) is 7.13. The summed E-state index contributed by atoms with van der Waals surface area (Å²) < 4.78 is 0. The van der Waals surface area contributed by atoms with Crippen molar-refractivity contribution >= 4 is 5.91 Å². The van der Waals surface area contributed by atoms with Gasteiger partial charge in [-0.2, -0.15) is 5.26 Å². The average Bonchev–Trinajstić information content (AvgIpc) is 2.53. The Morgan fingerprint density at radius 3 is 2.95 bits per heavy atom. The maximum absolute atomic E-state index is 12.4. The second-order valence-corrected chi connectivity index (χ2v) is 5.03. The predicted molar refractivity (Wildman–Crippen MR) is 76.2 cm³/mol. The number of nitrogens with one attached hydrogen (secondary N) is 1. The van der Waals surface area contributed by atoms with Gasteiger partial charge in [-0.1, -0.05) is 6.42 Å². The summed E-state index contributed by atoms with van der Waals surface area (Å²) in [6.07, 6.45) is 5.00. The zero-order valence-electron chi connectivity index (χ0n) is 11.8. The number of aromatic nitrogens is 1. The maximum atomic E-state index is 12.4. The average molecular weight is 272 g/mol. The summed E-state index contributed by atoms with van der Waals surface area (Å²) >= 11 is 0. The molecule has 1 amide bonds. The summed E-state index contributed by atoms with van der Waals surface area (Å²) in [6.45, 7) is 4.39. The second-order valence-electron chi connectivity index (χ2n) is 5.03. The molecular weight excluding hydrogens is 252 g/mol. The molecular formula is C15H20N4O. The molecule has 0 bridgehead atoms. The van der Waals surface area contributed by atoms with Gasteiger partial charge in [0.1, 0.15) is 11.8 Å². The number of piperidine rings is 1. The summed E-state index contributed by atoms with van der Waals surface area (Å²) in [6, 6.07) is 5.64. The first-order chi connectivity index (χ1) is 9.74. The maximum Gasteiger partial charge on any atom is 0.272 e. The lowest BCUT2D eigenvalue weighted by molar-refractivity contribution is 0.0735. The van der Waals surface area contributed by atoms with Gasteiger partial charge in [0.15, 0.2) is 0 Å². The molecule has 20 heavy (non-hydrogen) atoms. The van der Waals surface area contributed by atoms with Crippen LogP contribution >= 0.6 is 0 Å². The zero-order valence-corrected chi connectivity index (χ0v) is 11.8. The van der Waals surface area contributed by atoms with Gasteiger partial charge in [0.2, 0.25) is 0 Å². The number of likely N-dealkylation sites (N-methyl/N-ethyl adjacent to an activating group) is 1. The van der Waals surface area contributed by atoms with Crippen molar-refractivity contribution in [1.29, 1.82) is 5.26 Å². The fourth-order valence-electron chi connectivity index (χ4n) is 2.45. The van der Waals surface area contributed by atoms with Crippen LogP contribution in [0.15, 0.2) is 18.3 Å². The van der Waals surface area contributed by atoms with Gasteiger partial charge in [0, 0.05) is 25.3 Å². The van der Waals surface area contributed by atoms with Crippen molar-refractivity contribution in [2.45, 2.75) is 32.2 Å². The Kier molecular flexibility index (Phi) is 5.08. The molecule has 0 aliphatic carbocycles. The third kappa shape index (κ3) is 3.55. The number of carbonyl (C=O) groups excluding carboxylic acids is 1. The Labute approximate surface area is 119 Å². The van der Waals surface area contributed by atoms with Crippen molar-refractivity contribution in [3.05, 3.63) is 29.6 Å². The summed E-state index contributed by atoms with van der Waals surface area (Å²) in [5.74, 6) is -0.0654. The number of nitriles is 1. The van der Waals surface area contributed by atoms with E-state index in [1.165, 1.54) is 19.0 Å². The Balaban J connectivity index is 2.01. The number of hydrogen-bond acceptors (Lipinski definition) is 4. The highest BCUT2D eigenvalue weighted by molar-refractivity contribution is 5.92. The van der Waals surface area contributed by atoms with E-state index >= 15 is 0 Å². The fourth-order valence-corrected chi connectivity index (χ4v) is 2.45. The van der Waals surface area contributed by atoms with Gasteiger partial charge in [0.05, 0.1) is 5.56 Å². The summed E-state index contributed by atoms with van der Waals surface area (Å²) in [5.41, 5.74) is 0.875. The van der Waals surface area contributed by atoms with Crippen LogP contribution in [-0.4, -0.2) is 41.5 Å². The van der Waals surface area contributed by atoms with Crippen LogP contribution in [0, 0.1) is 11.3 Å². The molecule has 1 fully saturated rings. The molecule has 1 aliphatic heterocycles. The van der Waals surface area contributed by atoms with Crippen molar-refractivity contribution < 1.29 is 4.79 Å². The molecule has 0 radical (unpaired) electrons. The number of nitrogens with zero attached hydrogens (tertiary/aromatic N) is 3. The minimum Gasteiger partial charge on any atom is -0.336 e. The molecule has 1 saturated heterocycles. The van der Waals surface area contributed by atoms with E-state index in [0.717, 1.165) is 19.5 Å². The Morgan fingerprint density at radius 2 is 2.40 bits per heavy atom. The van der Waals surface area contributed by atoms with Gasteiger partial charge in [-0.25, -0.2) is 4.98 Å². The Hall–Kier alpha value is -1.93. The normalized spacial score (nSPS) is 18.3. The van der Waals surface area contributed by atoms with Gasteiger partial charge in [-0.15, -0.1) is 0 Å². The van der Waals surface area contributed by atoms with Gasteiger partial charge < -0.3 is 10.2 Å². The van der Waals surface area contributed by atoms with E-state index in [4.69, 9.17) is 5.26 Å². The van der Waals surface area contributed by atoms with Crippen molar-refractivity contribution in [2.75, 3.05) is 19.6 Å². The molecule has 2 rings (SSSR count). The number of pyridine rings is 1. The van der Waals surface area contributed by atoms with E-state index in [9.17, 15) is 4.79 Å². The molecule has 1 aliphatic rings. The molecule has 5 heteroatoms. The van der Waals surface area contributed by atoms with Crippen LogP contribution < -0.4 is 5.32 Å². The van der Waals surface area contributed by atoms with E-state index in [1.807, 2.05) is 17.9 Å². The Bertz CT molecular complexity index is 486. The molecule has 1 unspecified atom stereocenters. The van der Waals surface area contributed by atoms with E-state index in [1.54, 1.807) is 12.1 Å². The van der Waals surface area contributed by atoms with Gasteiger partial charge >= 0.3 is 0 Å². The van der Waals surface area contributed by atoms with Crippen molar-refractivity contribution in [3.8, 4) is 6.07 Å². The van der Waals surface area contributed by atoms with Gasteiger partial charge in [0.25, 0.3) is 5.91 Å². The highest BCUT2D eigenvalue weighted by Crippen LogP contribution is 2.10. The van der Waals surface area contributed by atoms with Crippen LogP contribution in [0.5, 0.6) is 0 Å². The number of carbonyl (C=O) groups is 1. The van der Waals surface area contributed by atoms with E-state index in [0.29, 0.717) is 23.8 Å². The topological polar surface area (TPSA) is 69.0 Å². The van der Waals surface area contributed by atoms with Crippen LogP contribution in [0.1, 0.15) is 42.2 Å². The lowest BCUT2D eigenvalue weighted by Gasteiger charge is -2.29. The molecule has 0 aromatic carbocycles. The van der Waals surface area contributed by atoms with Crippen LogP contribution in [0.4, 0.5) is 0 Å². The molecule has 0 spiro atoms. The third-order valence-electron chi connectivity index (χ3n) is 3.63. The smallest absolute Gasteiger partial charge is 0.272 e. The van der Waals surface area contributed by atoms with Crippen LogP contribution in [0.25, 0.3) is 0 Å². The molecule has 1 atom stereocenters. The van der Waals surface area contributed by atoms with E-state index < -0.39 is 0 Å². The van der Waals surface area contributed by atoms with Crippen molar-refractivity contribution in [2.24, 2.45) is 0 Å². The van der Waals surface area contributed by atoms with Crippen LogP contribution in [-0.2, 0) is 0 Å². The number of rotatable bonds is 4. The standard InChI is InChI=1S/C15H20N4O/c1-2-19(11-13-5-3-4-8-17-13)15(20)14-7-6-12(9-16)10-18-14/h6-7,10,13,17H,2-5,8,11H2,1H3. The molecule has 5 nitrogen and oxygen atoms in total. The highest BCUT2D eigenvalue weighted by atomic mass is 16.2. The lowest BCUT2D eigenvalue weighted by Crippen LogP contribution is -2.45. The zero-order chi connectivity index (χ0) is 14.4. The number of hydrogen-bond donors (Lipinski definition) is 1. The third-order valence-corrected chi connectivity index (χ3v) is 3.63. The molecule has 106 valence electrons. The van der Waals surface area contributed by atoms with Crippen LogP contribution in [0.2, 0.25) is 0 Å². The molecule has 1 aromatic heterocycles. The van der Waals surface area contributed by atoms with E-state index in [2.05, 4.69) is 10.3 Å². The minimum absolute atomic E-state index is 0.0654. The fraction of sp³-hybridized carbons (Fsp3) is 0.533. The first kappa shape index (κ1) is 14.5. The predicted octanol–water partition coefficient (Wildman–Crippen LogP) is 1.56. The summed E-state index contributed by atoms with van der Waals surface area (Å²) in [5, 5.41) is 12.2. The molecule has 0 saturated carbocycles. The first-order valence-electron chi connectivity index (χ1n) is 7.13. The summed E-state index contributed by atoms with van der Waals surface area (Å²) in [7, 11) is 0. The molecule has 1 N–H and O–H groups in total. The van der Waals surface area contributed by atoms with Crippen molar-refractivity contribution in [3.63, 3.8) is 0 Å². The Morgan fingerprint density at radius 1 is 1.55 bits per heavy atom. The monoisotopic (exact) mass is 272 g/mol. The van der Waals surface area contributed by atoms with Gasteiger partial charge in [-0.05, 0) is 38.4 Å². The highest BCUT2D eigenvalue weighted by Gasteiger charge is 2.21. The molecule has 2 heterocycles. The SMILES string of the molecule is CCN(CC1CCCCN1)C(=O)c1ccc(C#N)cn1. The second kappa shape index (κ2) is 7.01. The van der Waals surface area contributed by atoms with Crippen molar-refractivity contribution in [1.82, 2.24) is 15.2 Å². The summed E-state index contributed by atoms with van der Waals surface area (Å²) in [4.78, 5) is 18.3.